The van der Waals surface area contributed by atoms with E-state index in [1.807, 2.05) is 44.2 Å². The molecule has 0 aliphatic carbocycles. The molecular weight excluding hydrogens is 390 g/mol. The normalized spacial score (nSPS) is 17.5. The zero-order valence-electron chi connectivity index (χ0n) is 17.7. The molecule has 1 aliphatic rings. The highest BCUT2D eigenvalue weighted by atomic mass is 16.5. The van der Waals surface area contributed by atoms with Gasteiger partial charge in [-0.15, -0.1) is 0 Å². The van der Waals surface area contributed by atoms with Gasteiger partial charge in [-0.1, -0.05) is 48.0 Å². The van der Waals surface area contributed by atoms with Gasteiger partial charge in [0.1, 0.15) is 5.75 Å². The molecule has 31 heavy (non-hydrogen) atoms. The molecule has 0 aromatic heterocycles. The zero-order chi connectivity index (χ0) is 22.0. The van der Waals surface area contributed by atoms with Crippen molar-refractivity contribution in [2.24, 2.45) is 0 Å². The van der Waals surface area contributed by atoms with Crippen LogP contribution in [0.2, 0.25) is 0 Å². The Morgan fingerprint density at radius 3 is 2.35 bits per heavy atom. The van der Waals surface area contributed by atoms with Gasteiger partial charge in [-0.05, 0) is 49.7 Å². The summed E-state index contributed by atoms with van der Waals surface area (Å²) in [6, 6.07) is 21.8. The number of anilines is 1. The van der Waals surface area contributed by atoms with Gasteiger partial charge in [-0.2, -0.15) is 0 Å². The lowest BCUT2D eigenvalue weighted by molar-refractivity contribution is -0.136. The molecule has 5 heteroatoms. The minimum Gasteiger partial charge on any atom is -0.494 e. The van der Waals surface area contributed by atoms with Crippen LogP contribution in [0.3, 0.4) is 0 Å². The summed E-state index contributed by atoms with van der Waals surface area (Å²) in [5.41, 5.74) is 1.72. The third-order valence-corrected chi connectivity index (χ3v) is 5.60. The van der Waals surface area contributed by atoms with E-state index in [0.717, 1.165) is 11.1 Å². The quantitative estimate of drug-likeness (QED) is 0.581. The summed E-state index contributed by atoms with van der Waals surface area (Å²) in [5, 5.41) is 11.4. The van der Waals surface area contributed by atoms with Crippen LogP contribution >= 0.6 is 0 Å². The highest BCUT2D eigenvalue weighted by molar-refractivity contribution is 6.10. The summed E-state index contributed by atoms with van der Waals surface area (Å²) in [5.74, 6) is -0.108. The second-order valence-electron chi connectivity index (χ2n) is 7.81. The number of rotatable bonds is 7. The van der Waals surface area contributed by atoms with Crippen molar-refractivity contribution >= 4 is 17.4 Å². The molecule has 0 radical (unpaired) electrons. The fourth-order valence-corrected chi connectivity index (χ4v) is 3.95. The van der Waals surface area contributed by atoms with E-state index in [9.17, 15) is 14.7 Å². The highest BCUT2D eigenvalue weighted by Crippen LogP contribution is 2.43. The number of aliphatic hydroxyl groups is 1. The van der Waals surface area contributed by atoms with Crippen LogP contribution in [0.15, 0.2) is 72.8 Å². The first-order valence-corrected chi connectivity index (χ1v) is 10.4. The number of Topliss-reactive ketones (excluding diaryl/α,β-unsaturated/α-hetero) is 1. The van der Waals surface area contributed by atoms with Gasteiger partial charge >= 0.3 is 0 Å². The Balaban J connectivity index is 1.61. The van der Waals surface area contributed by atoms with Gasteiger partial charge in [0.15, 0.2) is 11.4 Å². The van der Waals surface area contributed by atoms with E-state index >= 15 is 0 Å². The first kappa shape index (κ1) is 20.8. The minimum atomic E-state index is -1.89. The molecule has 1 atom stereocenters. The Hall–Kier alpha value is -3.44. The number of hydrogen-bond donors (Lipinski definition) is 1. The molecule has 0 bridgehead atoms. The number of fused-ring (bicyclic) bond motifs is 1. The average Bonchev–Trinajstić information content (AvgIpc) is 2.98. The second kappa shape index (κ2) is 8.36. The molecule has 1 aliphatic heterocycles. The Bertz CT molecular complexity index is 1110. The molecule has 1 heterocycles. The molecule has 0 fully saturated rings. The van der Waals surface area contributed by atoms with Gasteiger partial charge < -0.3 is 14.7 Å². The summed E-state index contributed by atoms with van der Waals surface area (Å²) >= 11 is 0. The lowest BCUT2D eigenvalue weighted by Crippen LogP contribution is -2.41. The SMILES string of the molecule is CCOc1ccc(C(=O)C[C@@]2(O)C(=O)N(Cc3ccc(C)cc3)c3ccccc32)cc1. The van der Waals surface area contributed by atoms with Crippen molar-refractivity contribution in [1.82, 2.24) is 0 Å². The van der Waals surface area contributed by atoms with Crippen molar-refractivity contribution in [3.05, 3.63) is 95.1 Å². The van der Waals surface area contributed by atoms with Crippen molar-refractivity contribution in [1.29, 1.82) is 0 Å². The molecule has 3 aromatic carbocycles. The molecule has 158 valence electrons. The Morgan fingerprint density at radius 1 is 1.00 bits per heavy atom. The second-order valence-corrected chi connectivity index (χ2v) is 7.81. The predicted octanol–water partition coefficient (Wildman–Crippen LogP) is 4.40. The predicted molar refractivity (Wildman–Crippen MR) is 119 cm³/mol. The summed E-state index contributed by atoms with van der Waals surface area (Å²) in [4.78, 5) is 27.9. The van der Waals surface area contributed by atoms with Gasteiger partial charge in [0.05, 0.1) is 25.3 Å². The molecule has 1 amide bonds. The molecule has 0 spiro atoms. The van der Waals surface area contributed by atoms with Crippen molar-refractivity contribution in [2.75, 3.05) is 11.5 Å². The van der Waals surface area contributed by atoms with E-state index in [2.05, 4.69) is 0 Å². The number of para-hydroxylation sites is 1. The third-order valence-electron chi connectivity index (χ3n) is 5.60. The van der Waals surface area contributed by atoms with Crippen LogP contribution in [0.5, 0.6) is 5.75 Å². The van der Waals surface area contributed by atoms with Crippen LogP contribution in [-0.2, 0) is 16.9 Å². The maximum Gasteiger partial charge on any atom is 0.264 e. The third kappa shape index (κ3) is 3.97. The first-order valence-electron chi connectivity index (χ1n) is 10.4. The van der Waals surface area contributed by atoms with Gasteiger partial charge in [0, 0.05) is 11.1 Å². The molecular formula is C26H25NO4. The molecule has 4 rings (SSSR count). The van der Waals surface area contributed by atoms with Crippen LogP contribution in [0.1, 0.15) is 40.4 Å². The maximum atomic E-state index is 13.4. The largest absolute Gasteiger partial charge is 0.494 e. The molecule has 1 N–H and O–H groups in total. The van der Waals surface area contributed by atoms with Crippen LogP contribution in [-0.4, -0.2) is 23.4 Å². The highest BCUT2D eigenvalue weighted by Gasteiger charge is 2.50. The van der Waals surface area contributed by atoms with Gasteiger partial charge in [0.25, 0.3) is 5.91 Å². The number of ether oxygens (including phenoxy) is 1. The molecule has 5 nitrogen and oxygen atoms in total. The number of aryl methyl sites for hydroxylation is 1. The van der Waals surface area contributed by atoms with E-state index in [1.54, 1.807) is 47.4 Å². The van der Waals surface area contributed by atoms with E-state index in [1.165, 1.54) is 0 Å². The van der Waals surface area contributed by atoms with Gasteiger partial charge in [-0.3, -0.25) is 9.59 Å². The van der Waals surface area contributed by atoms with Gasteiger partial charge in [0.2, 0.25) is 0 Å². The number of carbonyl (C=O) groups excluding carboxylic acids is 2. The van der Waals surface area contributed by atoms with E-state index in [0.29, 0.717) is 35.7 Å². The van der Waals surface area contributed by atoms with E-state index in [4.69, 9.17) is 4.74 Å². The fourth-order valence-electron chi connectivity index (χ4n) is 3.95. The maximum absolute atomic E-state index is 13.4. The molecule has 0 saturated heterocycles. The number of ketones is 1. The Morgan fingerprint density at radius 2 is 1.68 bits per heavy atom. The Labute approximate surface area is 181 Å². The topological polar surface area (TPSA) is 66.8 Å². The Kier molecular flexibility index (Phi) is 5.61. The van der Waals surface area contributed by atoms with Crippen LogP contribution in [0.25, 0.3) is 0 Å². The fraction of sp³-hybridized carbons (Fsp3) is 0.231. The van der Waals surface area contributed by atoms with Crippen molar-refractivity contribution < 1.29 is 19.4 Å². The monoisotopic (exact) mass is 415 g/mol. The molecule has 0 unspecified atom stereocenters. The zero-order valence-corrected chi connectivity index (χ0v) is 17.7. The summed E-state index contributed by atoms with van der Waals surface area (Å²) in [7, 11) is 0. The average molecular weight is 415 g/mol. The summed E-state index contributed by atoms with van der Waals surface area (Å²) < 4.78 is 5.41. The summed E-state index contributed by atoms with van der Waals surface area (Å²) in [6.45, 7) is 4.76. The van der Waals surface area contributed by atoms with Crippen LogP contribution < -0.4 is 9.64 Å². The van der Waals surface area contributed by atoms with Gasteiger partial charge in [-0.25, -0.2) is 0 Å². The molecule has 0 saturated carbocycles. The smallest absolute Gasteiger partial charge is 0.264 e. The van der Waals surface area contributed by atoms with E-state index < -0.39 is 11.5 Å². The number of carbonyl (C=O) groups is 2. The van der Waals surface area contributed by atoms with Crippen molar-refractivity contribution in [3.8, 4) is 5.75 Å². The van der Waals surface area contributed by atoms with Crippen LogP contribution in [0, 0.1) is 6.92 Å². The lowest BCUT2D eigenvalue weighted by atomic mass is 9.88. The minimum absolute atomic E-state index is 0.300. The molecule has 3 aromatic rings. The number of amides is 1. The standard InChI is InChI=1S/C26H25NO4/c1-3-31-21-14-12-20(13-15-21)24(28)16-26(30)22-6-4-5-7-23(22)27(25(26)29)17-19-10-8-18(2)9-11-19/h4-15,30H,3,16-17H2,1-2H3/t26-/m0/s1. The number of benzene rings is 3. The van der Waals surface area contributed by atoms with Crippen molar-refractivity contribution in [2.45, 2.75) is 32.4 Å². The first-order chi connectivity index (χ1) is 14.9. The number of hydrogen-bond acceptors (Lipinski definition) is 4. The van der Waals surface area contributed by atoms with E-state index in [-0.39, 0.29) is 12.2 Å². The lowest BCUT2D eigenvalue weighted by Gasteiger charge is -2.23. The summed E-state index contributed by atoms with van der Waals surface area (Å²) in [6.07, 6.45) is -0.318. The van der Waals surface area contributed by atoms with Crippen molar-refractivity contribution in [3.63, 3.8) is 0 Å². The van der Waals surface area contributed by atoms with Crippen LogP contribution in [0.4, 0.5) is 5.69 Å². The number of nitrogens with zero attached hydrogens (tertiary/aromatic N) is 1.